The van der Waals surface area contributed by atoms with Gasteiger partial charge in [-0.05, 0) is 47.0 Å². The molecule has 2 amide bonds. The van der Waals surface area contributed by atoms with Crippen LogP contribution in [0.2, 0.25) is 0 Å². The number of nitrogens with zero attached hydrogens (tertiary/aromatic N) is 2. The average Bonchev–Trinajstić information content (AvgIpc) is 2.98. The fraction of sp³-hybridized carbons (Fsp3) is 0.0417. The highest BCUT2D eigenvalue weighted by Crippen LogP contribution is 2.24. The van der Waals surface area contributed by atoms with E-state index >= 15 is 0 Å². The van der Waals surface area contributed by atoms with Gasteiger partial charge in [-0.2, -0.15) is 5.26 Å². The van der Waals surface area contributed by atoms with E-state index in [-0.39, 0.29) is 18.4 Å². The van der Waals surface area contributed by atoms with Crippen LogP contribution in [0.1, 0.15) is 43.0 Å². The number of hydrogen-bond acceptors (Lipinski definition) is 3. The van der Waals surface area contributed by atoms with Gasteiger partial charge in [-0.15, -0.1) is 0 Å². The number of amides is 2. The predicted molar refractivity (Wildman–Crippen MR) is 107 cm³/mol. The normalized spacial score (nSPS) is 13.0. The Morgan fingerprint density at radius 2 is 1.39 bits per heavy atom. The summed E-state index contributed by atoms with van der Waals surface area (Å²) < 4.78 is 0. The Morgan fingerprint density at radius 1 is 0.786 bits per heavy atom. The van der Waals surface area contributed by atoms with Crippen LogP contribution in [-0.4, -0.2) is 16.7 Å². The van der Waals surface area contributed by atoms with Gasteiger partial charge in [0.05, 0.1) is 29.3 Å². The quantitative estimate of drug-likeness (QED) is 0.505. The number of nitriles is 1. The van der Waals surface area contributed by atoms with Crippen molar-refractivity contribution in [3.05, 3.63) is 106 Å². The van der Waals surface area contributed by atoms with Gasteiger partial charge in [0.2, 0.25) is 0 Å². The molecule has 0 saturated heterocycles. The van der Waals surface area contributed by atoms with Crippen molar-refractivity contribution in [2.75, 3.05) is 0 Å². The van der Waals surface area contributed by atoms with Crippen LogP contribution >= 0.6 is 0 Å². The lowest BCUT2D eigenvalue weighted by Gasteiger charge is -2.14. The Balaban J connectivity index is 1.53. The largest absolute Gasteiger partial charge is 0.270 e. The third kappa shape index (κ3) is 3.34. The number of fused-ring (bicyclic) bond motifs is 1. The maximum Gasteiger partial charge on any atom is 0.261 e. The standard InChI is InChI=1S/C24H16N2O2/c25-15-19-7-3-5-17(13-19)11-12-18-6-4-8-20(14-18)16-26-23(27)21-9-1-2-10-22(21)24(26)28/h1-14H,16H2/b12-11+. The molecule has 0 unspecified atom stereocenters. The molecule has 0 N–H and O–H groups in total. The first-order chi connectivity index (χ1) is 13.7. The van der Waals surface area contributed by atoms with Crippen molar-refractivity contribution in [2.45, 2.75) is 6.54 Å². The maximum atomic E-state index is 12.5. The van der Waals surface area contributed by atoms with Gasteiger partial charge in [-0.3, -0.25) is 14.5 Å². The summed E-state index contributed by atoms with van der Waals surface area (Å²) in [7, 11) is 0. The first kappa shape index (κ1) is 17.4. The van der Waals surface area contributed by atoms with Crippen molar-refractivity contribution < 1.29 is 9.59 Å². The summed E-state index contributed by atoms with van der Waals surface area (Å²) in [5.41, 5.74) is 4.30. The zero-order valence-electron chi connectivity index (χ0n) is 15.0. The summed E-state index contributed by atoms with van der Waals surface area (Å²) in [5.74, 6) is -0.510. The van der Waals surface area contributed by atoms with Crippen LogP contribution in [0.15, 0.2) is 72.8 Å². The van der Waals surface area contributed by atoms with Crippen molar-refractivity contribution in [3.8, 4) is 6.07 Å². The Labute approximate surface area is 163 Å². The van der Waals surface area contributed by atoms with Crippen molar-refractivity contribution in [1.82, 2.24) is 4.90 Å². The topological polar surface area (TPSA) is 61.2 Å². The van der Waals surface area contributed by atoms with Crippen LogP contribution in [-0.2, 0) is 6.54 Å². The first-order valence-electron chi connectivity index (χ1n) is 8.88. The number of carbonyl (C=O) groups is 2. The minimum Gasteiger partial charge on any atom is -0.270 e. The van der Waals surface area contributed by atoms with Gasteiger partial charge < -0.3 is 0 Å². The van der Waals surface area contributed by atoms with Crippen LogP contribution in [0.25, 0.3) is 12.2 Å². The monoisotopic (exact) mass is 364 g/mol. The summed E-state index contributed by atoms with van der Waals surface area (Å²) in [5, 5.41) is 8.99. The van der Waals surface area contributed by atoms with Crippen LogP contribution in [0.5, 0.6) is 0 Å². The van der Waals surface area contributed by atoms with Gasteiger partial charge in [0.25, 0.3) is 11.8 Å². The van der Waals surface area contributed by atoms with E-state index in [0.29, 0.717) is 16.7 Å². The Hall–Kier alpha value is -3.97. The highest BCUT2D eigenvalue weighted by atomic mass is 16.2. The van der Waals surface area contributed by atoms with Gasteiger partial charge in [0.15, 0.2) is 0 Å². The molecule has 1 aliphatic heterocycles. The molecule has 1 heterocycles. The smallest absolute Gasteiger partial charge is 0.261 e. The van der Waals surface area contributed by atoms with Crippen LogP contribution in [0.4, 0.5) is 0 Å². The van der Waals surface area contributed by atoms with Gasteiger partial charge in [-0.25, -0.2) is 0 Å². The molecule has 4 rings (SSSR count). The molecule has 134 valence electrons. The van der Waals surface area contributed by atoms with Crippen LogP contribution < -0.4 is 0 Å². The van der Waals surface area contributed by atoms with Crippen molar-refractivity contribution in [1.29, 1.82) is 5.26 Å². The second-order valence-electron chi connectivity index (χ2n) is 6.56. The molecule has 0 radical (unpaired) electrons. The molecular formula is C24H16N2O2. The fourth-order valence-electron chi connectivity index (χ4n) is 3.26. The molecule has 3 aromatic carbocycles. The Bertz CT molecular complexity index is 1120. The fourth-order valence-corrected chi connectivity index (χ4v) is 3.26. The molecule has 1 aliphatic rings. The predicted octanol–water partition coefficient (Wildman–Crippen LogP) is 4.52. The minimum absolute atomic E-state index is 0.234. The summed E-state index contributed by atoms with van der Waals surface area (Å²) in [6.45, 7) is 0.234. The van der Waals surface area contributed by atoms with E-state index in [9.17, 15) is 9.59 Å². The van der Waals surface area contributed by atoms with Crippen molar-refractivity contribution in [2.24, 2.45) is 0 Å². The Kier molecular flexibility index (Phi) is 4.57. The molecule has 0 fully saturated rings. The lowest BCUT2D eigenvalue weighted by molar-refractivity contribution is 0.0642. The lowest BCUT2D eigenvalue weighted by Crippen LogP contribution is -2.29. The number of carbonyl (C=O) groups excluding carboxylic acids is 2. The Morgan fingerprint density at radius 3 is 2.04 bits per heavy atom. The molecule has 4 heteroatoms. The summed E-state index contributed by atoms with van der Waals surface area (Å²) >= 11 is 0. The maximum absolute atomic E-state index is 12.5. The molecule has 3 aromatic rings. The molecule has 0 aromatic heterocycles. The summed E-state index contributed by atoms with van der Waals surface area (Å²) in [6, 6.07) is 24.1. The van der Waals surface area contributed by atoms with Gasteiger partial charge in [0.1, 0.15) is 0 Å². The molecular weight excluding hydrogens is 348 g/mol. The lowest BCUT2D eigenvalue weighted by atomic mass is 10.1. The number of imide groups is 1. The van der Waals surface area contributed by atoms with E-state index in [2.05, 4.69) is 6.07 Å². The number of rotatable bonds is 4. The molecule has 0 spiro atoms. The molecule has 0 bridgehead atoms. The second-order valence-corrected chi connectivity index (χ2v) is 6.56. The van der Waals surface area contributed by atoms with Crippen LogP contribution in [0.3, 0.4) is 0 Å². The van der Waals surface area contributed by atoms with E-state index in [1.165, 1.54) is 4.90 Å². The molecule has 4 nitrogen and oxygen atoms in total. The third-order valence-corrected chi connectivity index (χ3v) is 4.65. The van der Waals surface area contributed by atoms with Gasteiger partial charge in [-0.1, -0.05) is 54.6 Å². The highest BCUT2D eigenvalue weighted by Gasteiger charge is 2.34. The molecule has 28 heavy (non-hydrogen) atoms. The van der Waals surface area contributed by atoms with E-state index in [1.54, 1.807) is 30.3 Å². The average molecular weight is 364 g/mol. The van der Waals surface area contributed by atoms with E-state index in [1.807, 2.05) is 54.6 Å². The molecule has 0 saturated carbocycles. The zero-order valence-corrected chi connectivity index (χ0v) is 15.0. The van der Waals surface area contributed by atoms with Crippen LogP contribution in [0, 0.1) is 11.3 Å². The van der Waals surface area contributed by atoms with E-state index < -0.39 is 0 Å². The molecule has 0 atom stereocenters. The molecule has 0 aliphatic carbocycles. The second kappa shape index (κ2) is 7.34. The van der Waals surface area contributed by atoms with Crippen molar-refractivity contribution >= 4 is 24.0 Å². The van der Waals surface area contributed by atoms with Gasteiger partial charge >= 0.3 is 0 Å². The zero-order chi connectivity index (χ0) is 19.5. The number of hydrogen-bond donors (Lipinski definition) is 0. The minimum atomic E-state index is -0.255. The summed E-state index contributed by atoms with van der Waals surface area (Å²) in [6.07, 6.45) is 3.88. The SMILES string of the molecule is N#Cc1cccc(/C=C/c2cccc(CN3C(=O)c4ccccc4C3=O)c2)c1. The number of benzene rings is 3. The summed E-state index contributed by atoms with van der Waals surface area (Å²) in [4.78, 5) is 26.3. The van der Waals surface area contributed by atoms with Gasteiger partial charge in [0, 0.05) is 0 Å². The first-order valence-corrected chi connectivity index (χ1v) is 8.88. The van der Waals surface area contributed by atoms with E-state index in [4.69, 9.17) is 5.26 Å². The highest BCUT2D eigenvalue weighted by molar-refractivity contribution is 6.21. The van der Waals surface area contributed by atoms with E-state index in [0.717, 1.165) is 16.7 Å². The third-order valence-electron chi connectivity index (χ3n) is 4.65. The van der Waals surface area contributed by atoms with Crippen molar-refractivity contribution in [3.63, 3.8) is 0 Å².